The van der Waals surface area contributed by atoms with E-state index in [1.54, 1.807) is 36.4 Å². The summed E-state index contributed by atoms with van der Waals surface area (Å²) in [6.07, 6.45) is 0. The van der Waals surface area contributed by atoms with Gasteiger partial charge in [0, 0.05) is 42.2 Å². The molecule has 0 atom stereocenters. The van der Waals surface area contributed by atoms with Crippen LogP contribution >= 0.6 is 0 Å². The van der Waals surface area contributed by atoms with Gasteiger partial charge in [0.1, 0.15) is 13.2 Å². The summed E-state index contributed by atoms with van der Waals surface area (Å²) in [6.45, 7) is 0.484. The molecule has 0 saturated heterocycles. The lowest BCUT2D eigenvalue weighted by Crippen LogP contribution is -2.32. The van der Waals surface area contributed by atoms with E-state index in [0.29, 0.717) is 52.7 Å². The van der Waals surface area contributed by atoms with Crippen molar-refractivity contribution in [3.63, 3.8) is 0 Å². The third kappa shape index (κ3) is 4.73. The van der Waals surface area contributed by atoms with Gasteiger partial charge < -0.3 is 23.9 Å². The Morgan fingerprint density at radius 2 is 1.54 bits per heavy atom. The fraction of sp³-hybridized carbons (Fsp3) is 0.192. The number of H-pyrrole nitrogens is 1. The van der Waals surface area contributed by atoms with Gasteiger partial charge in [-0.1, -0.05) is 6.07 Å². The van der Waals surface area contributed by atoms with E-state index in [1.807, 2.05) is 0 Å². The summed E-state index contributed by atoms with van der Waals surface area (Å²) in [5.41, 5.74) is 0.617. The van der Waals surface area contributed by atoms with Crippen molar-refractivity contribution >= 4 is 26.6 Å². The zero-order valence-corrected chi connectivity index (χ0v) is 21.1. The lowest BCUT2D eigenvalue weighted by Gasteiger charge is -2.23. The lowest BCUT2D eigenvalue weighted by atomic mass is 10.1. The van der Waals surface area contributed by atoms with Crippen LogP contribution < -0.4 is 24.5 Å². The van der Waals surface area contributed by atoms with E-state index in [9.17, 15) is 23.3 Å². The van der Waals surface area contributed by atoms with Gasteiger partial charge in [0.2, 0.25) is 16.8 Å². The number of rotatable bonds is 7. The minimum absolute atomic E-state index is 0.0640. The number of sulfonamides is 1. The molecule has 0 amide bonds. The number of aromatic nitrogens is 1. The molecule has 0 fully saturated rings. The number of nitro benzene ring substituents is 1. The second kappa shape index (κ2) is 9.60. The zero-order chi connectivity index (χ0) is 27.1. The molecule has 2 aliphatic rings. The zero-order valence-electron chi connectivity index (χ0n) is 20.3. The van der Waals surface area contributed by atoms with Crippen LogP contribution in [0.2, 0.25) is 0 Å². The molecule has 6 rings (SSSR count). The van der Waals surface area contributed by atoms with Crippen molar-refractivity contribution < 1.29 is 32.3 Å². The van der Waals surface area contributed by atoms with Gasteiger partial charge in [-0.05, 0) is 42.0 Å². The average molecular weight is 552 g/mol. The highest BCUT2D eigenvalue weighted by Gasteiger charge is 2.28. The molecule has 0 radical (unpaired) electrons. The highest BCUT2D eigenvalue weighted by Crippen LogP contribution is 2.35. The van der Waals surface area contributed by atoms with E-state index in [-0.39, 0.29) is 36.0 Å². The van der Waals surface area contributed by atoms with E-state index in [0.717, 1.165) is 16.4 Å². The summed E-state index contributed by atoms with van der Waals surface area (Å²) >= 11 is 0. The van der Waals surface area contributed by atoms with Crippen molar-refractivity contribution in [2.24, 2.45) is 0 Å². The van der Waals surface area contributed by atoms with Gasteiger partial charge in [-0.2, -0.15) is 4.31 Å². The number of hydrogen-bond acceptors (Lipinski definition) is 9. The normalized spacial score (nSPS) is 14.1. The first-order valence-corrected chi connectivity index (χ1v) is 13.3. The Morgan fingerprint density at radius 3 is 2.28 bits per heavy atom. The van der Waals surface area contributed by atoms with Crippen LogP contribution in [-0.4, -0.2) is 42.6 Å². The molecule has 0 saturated carbocycles. The fourth-order valence-corrected chi connectivity index (χ4v) is 5.86. The summed E-state index contributed by atoms with van der Waals surface area (Å²) in [7, 11) is -4.20. The molecular weight excluding hydrogens is 530 g/mol. The lowest BCUT2D eigenvalue weighted by molar-refractivity contribution is -0.384. The minimum atomic E-state index is -4.20. The van der Waals surface area contributed by atoms with Crippen LogP contribution in [0.15, 0.2) is 70.4 Å². The molecule has 4 aromatic rings. The molecule has 0 unspecified atom stereocenters. The summed E-state index contributed by atoms with van der Waals surface area (Å²) in [6, 6.07) is 14.7. The molecule has 200 valence electrons. The quantitative estimate of drug-likeness (QED) is 0.269. The molecule has 13 heteroatoms. The van der Waals surface area contributed by atoms with Crippen LogP contribution in [0.1, 0.15) is 11.1 Å². The summed E-state index contributed by atoms with van der Waals surface area (Å²) in [5, 5.41) is 11.7. The van der Waals surface area contributed by atoms with Crippen molar-refractivity contribution in [2.75, 3.05) is 20.0 Å². The standard InChI is InChI=1S/C26H21N3O9S/c30-26-18(10-17-11-24-25(12-21(17)27-26)36-8-7-35-24)14-28(13-16-1-6-22-23(9-16)38-15-37-22)39(33,34)20-4-2-19(3-5-20)29(31)32/h1-6,9-12H,7-8,13-15H2,(H,27,30). The van der Waals surface area contributed by atoms with Crippen LogP contribution in [-0.2, 0) is 23.1 Å². The van der Waals surface area contributed by atoms with Crippen LogP contribution in [0, 0.1) is 10.1 Å². The van der Waals surface area contributed by atoms with E-state index >= 15 is 0 Å². The van der Waals surface area contributed by atoms with E-state index in [4.69, 9.17) is 18.9 Å². The topological polar surface area (TPSA) is 150 Å². The second-order valence-corrected chi connectivity index (χ2v) is 10.9. The maximum Gasteiger partial charge on any atom is 0.269 e. The first kappa shape index (κ1) is 24.7. The molecule has 2 aliphatic heterocycles. The predicted octanol–water partition coefficient (Wildman–Crippen LogP) is 3.33. The molecule has 1 aromatic heterocycles. The summed E-state index contributed by atoms with van der Waals surface area (Å²) in [4.78, 5) is 26.2. The number of aromatic amines is 1. The Bertz CT molecular complexity index is 1770. The number of fused-ring (bicyclic) bond motifs is 3. The van der Waals surface area contributed by atoms with Crippen LogP contribution in [0.4, 0.5) is 5.69 Å². The third-order valence-electron chi connectivity index (χ3n) is 6.41. The number of nitrogens with zero attached hydrogens (tertiary/aromatic N) is 2. The van der Waals surface area contributed by atoms with Crippen molar-refractivity contribution in [3.8, 4) is 23.0 Å². The summed E-state index contributed by atoms with van der Waals surface area (Å²) in [5.74, 6) is 2.07. The first-order valence-electron chi connectivity index (χ1n) is 11.9. The number of ether oxygens (including phenoxy) is 4. The molecule has 3 heterocycles. The predicted molar refractivity (Wildman–Crippen MR) is 138 cm³/mol. The number of hydrogen-bond donors (Lipinski definition) is 1. The Hall–Kier alpha value is -4.62. The van der Waals surface area contributed by atoms with E-state index in [1.165, 1.54) is 12.1 Å². The molecule has 0 spiro atoms. The van der Waals surface area contributed by atoms with Crippen LogP contribution in [0.3, 0.4) is 0 Å². The SMILES string of the molecule is O=c1[nH]c2cc3c(cc2cc1CN(Cc1ccc2c(c1)OCO2)S(=O)(=O)c1ccc([N+](=O)[O-])cc1)OCCO3. The van der Waals surface area contributed by atoms with Gasteiger partial charge in [0.05, 0.1) is 15.3 Å². The number of nitro groups is 1. The molecule has 0 bridgehead atoms. The maximum atomic E-state index is 13.8. The van der Waals surface area contributed by atoms with Gasteiger partial charge >= 0.3 is 0 Å². The third-order valence-corrected chi connectivity index (χ3v) is 8.22. The Kier molecular flexibility index (Phi) is 6.08. The van der Waals surface area contributed by atoms with E-state index in [2.05, 4.69) is 4.98 Å². The molecular formula is C26H21N3O9S. The van der Waals surface area contributed by atoms with Crippen molar-refractivity contribution in [3.05, 3.63) is 92.3 Å². The molecule has 39 heavy (non-hydrogen) atoms. The van der Waals surface area contributed by atoms with Crippen LogP contribution in [0.5, 0.6) is 23.0 Å². The summed E-state index contributed by atoms with van der Waals surface area (Å²) < 4.78 is 50.7. The van der Waals surface area contributed by atoms with Gasteiger partial charge in [-0.15, -0.1) is 0 Å². The van der Waals surface area contributed by atoms with Gasteiger partial charge in [-0.3, -0.25) is 14.9 Å². The number of benzene rings is 3. The molecule has 1 N–H and O–H groups in total. The van der Waals surface area contributed by atoms with Crippen molar-refractivity contribution in [1.29, 1.82) is 0 Å². The Labute approximate surface area is 221 Å². The van der Waals surface area contributed by atoms with E-state index < -0.39 is 20.5 Å². The van der Waals surface area contributed by atoms with Gasteiger partial charge in [-0.25, -0.2) is 8.42 Å². The average Bonchev–Trinajstić information content (AvgIpc) is 3.40. The first-order chi connectivity index (χ1) is 18.8. The Balaban J connectivity index is 1.39. The van der Waals surface area contributed by atoms with Crippen molar-refractivity contribution in [1.82, 2.24) is 9.29 Å². The maximum absolute atomic E-state index is 13.8. The molecule has 3 aromatic carbocycles. The smallest absolute Gasteiger partial charge is 0.269 e. The monoisotopic (exact) mass is 551 g/mol. The van der Waals surface area contributed by atoms with Gasteiger partial charge in [0.25, 0.3) is 11.2 Å². The molecule has 0 aliphatic carbocycles. The van der Waals surface area contributed by atoms with Crippen LogP contribution in [0.25, 0.3) is 10.9 Å². The number of non-ortho nitro benzene ring substituents is 1. The molecule has 12 nitrogen and oxygen atoms in total. The van der Waals surface area contributed by atoms with Crippen molar-refractivity contribution in [2.45, 2.75) is 18.0 Å². The number of pyridine rings is 1. The highest BCUT2D eigenvalue weighted by atomic mass is 32.2. The Morgan fingerprint density at radius 1 is 0.846 bits per heavy atom. The number of nitrogens with one attached hydrogen (secondary N) is 1. The van der Waals surface area contributed by atoms with Gasteiger partial charge in [0.15, 0.2) is 23.0 Å². The largest absolute Gasteiger partial charge is 0.486 e. The highest BCUT2D eigenvalue weighted by molar-refractivity contribution is 7.89. The fourth-order valence-electron chi connectivity index (χ4n) is 4.45. The second-order valence-electron chi connectivity index (χ2n) is 8.92. The minimum Gasteiger partial charge on any atom is -0.486 e.